The Hall–Kier alpha value is -0.940. The van der Waals surface area contributed by atoms with E-state index in [1.165, 1.54) is 44.9 Å². The maximum absolute atomic E-state index is 5.81. The Balaban J connectivity index is 1.68. The van der Waals surface area contributed by atoms with Gasteiger partial charge in [0.05, 0.1) is 0 Å². The number of ether oxygens (including phenoxy) is 1. The number of hydrogen-bond acceptors (Lipinski definition) is 5. The van der Waals surface area contributed by atoms with E-state index in [0.29, 0.717) is 12.5 Å². The lowest BCUT2D eigenvalue weighted by Crippen LogP contribution is -2.46. The van der Waals surface area contributed by atoms with Crippen molar-refractivity contribution in [3.8, 4) is 0 Å². The summed E-state index contributed by atoms with van der Waals surface area (Å²) in [5.74, 6) is 2.09. The van der Waals surface area contributed by atoms with Gasteiger partial charge in [0.1, 0.15) is 6.10 Å². The van der Waals surface area contributed by atoms with Crippen LogP contribution < -0.4 is 5.32 Å². The van der Waals surface area contributed by atoms with Crippen LogP contribution in [0.2, 0.25) is 0 Å². The van der Waals surface area contributed by atoms with Crippen molar-refractivity contribution in [3.63, 3.8) is 0 Å². The molecule has 1 unspecified atom stereocenters. The molecular formula is C16H27N3O2. The van der Waals surface area contributed by atoms with Crippen molar-refractivity contribution in [1.82, 2.24) is 15.5 Å². The lowest BCUT2D eigenvalue weighted by molar-refractivity contribution is 0.0384. The maximum atomic E-state index is 5.81. The van der Waals surface area contributed by atoms with Crippen molar-refractivity contribution in [1.29, 1.82) is 0 Å². The minimum Gasteiger partial charge on any atom is -0.370 e. The molecule has 0 saturated heterocycles. The van der Waals surface area contributed by atoms with E-state index in [1.54, 1.807) is 0 Å². The summed E-state index contributed by atoms with van der Waals surface area (Å²) in [5, 5.41) is 7.69. The van der Waals surface area contributed by atoms with Crippen LogP contribution in [0.4, 0.5) is 0 Å². The molecule has 0 aromatic carbocycles. The zero-order valence-electron chi connectivity index (χ0n) is 13.2. The smallest absolute Gasteiger partial charge is 0.228 e. The topological polar surface area (TPSA) is 60.2 Å². The van der Waals surface area contributed by atoms with Gasteiger partial charge in [-0.05, 0) is 45.6 Å². The molecule has 1 N–H and O–H groups in total. The normalized spacial score (nSPS) is 23.1. The average Bonchev–Trinajstić information content (AvgIpc) is 3.26. The molecule has 1 heterocycles. The molecule has 2 saturated carbocycles. The molecular weight excluding hydrogens is 266 g/mol. The summed E-state index contributed by atoms with van der Waals surface area (Å²) in [4.78, 5) is 4.63. The van der Waals surface area contributed by atoms with Crippen LogP contribution in [0.25, 0.3) is 0 Å². The molecule has 1 atom stereocenters. The highest BCUT2D eigenvalue weighted by atomic mass is 16.5. The SMILES string of the molecule is CCOC(c1noc(CC2(NC)CCCCC2)n1)C1CC1. The van der Waals surface area contributed by atoms with Crippen LogP contribution >= 0.6 is 0 Å². The highest BCUT2D eigenvalue weighted by Crippen LogP contribution is 2.42. The Labute approximate surface area is 126 Å². The van der Waals surface area contributed by atoms with Gasteiger partial charge in [-0.15, -0.1) is 0 Å². The van der Waals surface area contributed by atoms with Gasteiger partial charge in [0.25, 0.3) is 0 Å². The number of hydrogen-bond donors (Lipinski definition) is 1. The van der Waals surface area contributed by atoms with Gasteiger partial charge in [-0.3, -0.25) is 0 Å². The molecule has 118 valence electrons. The van der Waals surface area contributed by atoms with E-state index in [2.05, 4.69) is 22.5 Å². The van der Waals surface area contributed by atoms with Gasteiger partial charge < -0.3 is 14.6 Å². The van der Waals surface area contributed by atoms with Crippen LogP contribution in [0, 0.1) is 5.92 Å². The number of likely N-dealkylation sites (N-methyl/N-ethyl adjacent to an activating group) is 1. The Bertz CT molecular complexity index is 450. The third-order valence-corrected chi connectivity index (χ3v) is 4.97. The minimum atomic E-state index is 0.0318. The molecule has 2 aliphatic carbocycles. The molecule has 0 spiro atoms. The zero-order valence-corrected chi connectivity index (χ0v) is 13.2. The Morgan fingerprint density at radius 2 is 2.10 bits per heavy atom. The van der Waals surface area contributed by atoms with Crippen molar-refractivity contribution < 1.29 is 9.26 Å². The van der Waals surface area contributed by atoms with Gasteiger partial charge in [0, 0.05) is 18.6 Å². The summed E-state index contributed by atoms with van der Waals surface area (Å²) < 4.78 is 11.3. The van der Waals surface area contributed by atoms with Crippen LogP contribution in [0.1, 0.15) is 69.7 Å². The summed E-state index contributed by atoms with van der Waals surface area (Å²) in [5.41, 5.74) is 0.142. The van der Waals surface area contributed by atoms with Gasteiger partial charge in [-0.25, -0.2) is 0 Å². The Kier molecular flexibility index (Phi) is 4.60. The highest BCUT2D eigenvalue weighted by molar-refractivity contribution is 5.02. The molecule has 1 aromatic heterocycles. The Morgan fingerprint density at radius 1 is 1.33 bits per heavy atom. The molecule has 5 heteroatoms. The number of rotatable bonds is 7. The second-order valence-electron chi connectivity index (χ2n) is 6.53. The molecule has 3 rings (SSSR count). The first-order valence-electron chi connectivity index (χ1n) is 8.39. The third-order valence-electron chi connectivity index (χ3n) is 4.97. The van der Waals surface area contributed by atoms with E-state index >= 15 is 0 Å². The molecule has 2 fully saturated rings. The van der Waals surface area contributed by atoms with Crippen molar-refractivity contribution in [2.45, 2.75) is 69.9 Å². The first-order valence-corrected chi connectivity index (χ1v) is 8.39. The van der Waals surface area contributed by atoms with E-state index in [-0.39, 0.29) is 11.6 Å². The van der Waals surface area contributed by atoms with Crippen LogP contribution in [-0.4, -0.2) is 29.3 Å². The zero-order chi connectivity index (χ0) is 14.7. The third kappa shape index (κ3) is 3.46. The van der Waals surface area contributed by atoms with Gasteiger partial charge in [0.15, 0.2) is 0 Å². The van der Waals surface area contributed by atoms with Gasteiger partial charge in [-0.2, -0.15) is 4.98 Å². The van der Waals surface area contributed by atoms with Crippen LogP contribution in [0.15, 0.2) is 4.52 Å². The van der Waals surface area contributed by atoms with Gasteiger partial charge >= 0.3 is 0 Å². The lowest BCUT2D eigenvalue weighted by atomic mass is 9.79. The van der Waals surface area contributed by atoms with Crippen molar-refractivity contribution in [3.05, 3.63) is 11.7 Å². The van der Waals surface area contributed by atoms with E-state index in [0.717, 1.165) is 18.1 Å². The molecule has 1 aromatic rings. The molecule has 0 bridgehead atoms. The monoisotopic (exact) mass is 293 g/mol. The van der Waals surface area contributed by atoms with Crippen molar-refractivity contribution in [2.24, 2.45) is 5.92 Å². The minimum absolute atomic E-state index is 0.0318. The standard InChI is InChI=1S/C16H27N3O2/c1-3-20-14(12-7-8-12)15-18-13(21-19-15)11-16(17-2)9-5-4-6-10-16/h12,14,17H,3-11H2,1-2H3. The second kappa shape index (κ2) is 6.44. The number of aromatic nitrogens is 2. The fraction of sp³-hybridized carbons (Fsp3) is 0.875. The summed E-state index contributed by atoms with van der Waals surface area (Å²) in [6, 6.07) is 0. The van der Waals surface area contributed by atoms with Crippen molar-refractivity contribution >= 4 is 0 Å². The van der Waals surface area contributed by atoms with E-state index in [4.69, 9.17) is 9.26 Å². The fourth-order valence-electron chi connectivity index (χ4n) is 3.49. The average molecular weight is 293 g/mol. The second-order valence-corrected chi connectivity index (χ2v) is 6.53. The molecule has 0 radical (unpaired) electrons. The molecule has 0 aliphatic heterocycles. The fourth-order valence-corrected chi connectivity index (χ4v) is 3.49. The Morgan fingerprint density at radius 3 is 2.71 bits per heavy atom. The van der Waals surface area contributed by atoms with Crippen LogP contribution in [-0.2, 0) is 11.2 Å². The van der Waals surface area contributed by atoms with Gasteiger partial charge in [-0.1, -0.05) is 24.4 Å². The van der Waals surface area contributed by atoms with Crippen LogP contribution in [0.5, 0.6) is 0 Å². The summed E-state index contributed by atoms with van der Waals surface area (Å²) in [6.07, 6.45) is 9.59. The molecule has 21 heavy (non-hydrogen) atoms. The molecule has 0 amide bonds. The lowest BCUT2D eigenvalue weighted by Gasteiger charge is -2.36. The quantitative estimate of drug-likeness (QED) is 0.837. The first kappa shape index (κ1) is 15.0. The number of nitrogens with zero attached hydrogens (tertiary/aromatic N) is 2. The predicted octanol–water partition coefficient (Wildman–Crippen LogP) is 3.02. The summed E-state index contributed by atoms with van der Waals surface area (Å²) in [6.45, 7) is 2.72. The predicted molar refractivity (Wildman–Crippen MR) is 80.0 cm³/mol. The highest BCUT2D eigenvalue weighted by Gasteiger charge is 2.37. The van der Waals surface area contributed by atoms with E-state index in [9.17, 15) is 0 Å². The first-order chi connectivity index (χ1) is 10.3. The van der Waals surface area contributed by atoms with Gasteiger partial charge in [0.2, 0.25) is 11.7 Å². The number of nitrogens with one attached hydrogen (secondary N) is 1. The maximum Gasteiger partial charge on any atom is 0.228 e. The van der Waals surface area contributed by atoms with E-state index in [1.807, 2.05) is 6.92 Å². The largest absolute Gasteiger partial charge is 0.370 e. The van der Waals surface area contributed by atoms with E-state index < -0.39 is 0 Å². The van der Waals surface area contributed by atoms with Crippen molar-refractivity contribution in [2.75, 3.05) is 13.7 Å². The summed E-state index contributed by atoms with van der Waals surface area (Å²) in [7, 11) is 2.05. The van der Waals surface area contributed by atoms with Crippen LogP contribution in [0.3, 0.4) is 0 Å². The molecule has 5 nitrogen and oxygen atoms in total. The molecule has 2 aliphatic rings. The summed E-state index contributed by atoms with van der Waals surface area (Å²) >= 11 is 0.